The van der Waals surface area contributed by atoms with Crippen LogP contribution >= 0.6 is 0 Å². The number of primary amides is 1. The Bertz CT molecular complexity index is 1100. The van der Waals surface area contributed by atoms with Gasteiger partial charge in [-0.25, -0.2) is 8.42 Å². The minimum absolute atomic E-state index is 0.00420. The monoisotopic (exact) mass is 458 g/mol. The molecule has 2 aliphatic rings. The summed E-state index contributed by atoms with van der Waals surface area (Å²) in [4.78, 5) is 26.5. The topological polar surface area (TPSA) is 122 Å². The molecule has 0 aliphatic carbocycles. The fourth-order valence-corrected chi connectivity index (χ4v) is 5.46. The van der Waals surface area contributed by atoms with Crippen molar-refractivity contribution in [1.29, 1.82) is 0 Å². The van der Waals surface area contributed by atoms with Crippen LogP contribution in [-0.2, 0) is 37.3 Å². The van der Waals surface area contributed by atoms with E-state index < -0.39 is 22.0 Å². The van der Waals surface area contributed by atoms with E-state index in [0.29, 0.717) is 45.0 Å². The largest absolute Gasteiger partial charge is 0.379 e. The van der Waals surface area contributed by atoms with Crippen LogP contribution in [-0.4, -0.2) is 68.3 Å². The molecule has 0 saturated carbocycles. The number of hydrogen-bond donors (Lipinski definition) is 2. The van der Waals surface area contributed by atoms with Gasteiger partial charge in [-0.2, -0.15) is 4.31 Å². The normalized spacial score (nSPS) is 19.8. The highest BCUT2D eigenvalue weighted by Crippen LogP contribution is 2.23. The first kappa shape index (κ1) is 22.4. The predicted molar refractivity (Wildman–Crippen MR) is 118 cm³/mol. The molecule has 0 bridgehead atoms. The number of benzene rings is 2. The quantitative estimate of drug-likeness (QED) is 0.652. The molecule has 1 unspecified atom stereocenters. The third-order valence-corrected chi connectivity index (χ3v) is 7.68. The highest BCUT2D eigenvalue weighted by atomic mass is 32.2. The summed E-state index contributed by atoms with van der Waals surface area (Å²) in [5.41, 5.74) is 8.18. The molecule has 10 heteroatoms. The Kier molecular flexibility index (Phi) is 6.56. The molecule has 1 fully saturated rings. The molecule has 2 heterocycles. The second kappa shape index (κ2) is 9.37. The van der Waals surface area contributed by atoms with Gasteiger partial charge in [0.25, 0.3) is 0 Å². The van der Waals surface area contributed by atoms with Crippen LogP contribution in [0.15, 0.2) is 53.4 Å². The van der Waals surface area contributed by atoms with E-state index in [2.05, 4.69) is 5.32 Å². The summed E-state index contributed by atoms with van der Waals surface area (Å²) in [6, 6.07) is 13.3. The number of morpholine rings is 1. The number of rotatable bonds is 6. The number of fused-ring (bicyclic) bond motifs is 1. The summed E-state index contributed by atoms with van der Waals surface area (Å²) < 4.78 is 32.0. The van der Waals surface area contributed by atoms with Crippen LogP contribution in [0.5, 0.6) is 0 Å². The predicted octanol–water partition coefficient (Wildman–Crippen LogP) is 0.558. The first-order valence-electron chi connectivity index (χ1n) is 10.4. The zero-order chi connectivity index (χ0) is 22.7. The number of ether oxygens (including phenoxy) is 1. The minimum atomic E-state index is -3.59. The Morgan fingerprint density at radius 3 is 2.34 bits per heavy atom. The molecule has 2 aliphatic heterocycles. The number of hydrogen-bond acceptors (Lipinski definition) is 6. The second-order valence-electron chi connectivity index (χ2n) is 7.88. The van der Waals surface area contributed by atoms with Gasteiger partial charge in [0.15, 0.2) is 0 Å². The smallest absolute Gasteiger partial charge is 0.243 e. The maximum Gasteiger partial charge on any atom is 0.243 e. The van der Waals surface area contributed by atoms with Gasteiger partial charge in [0.1, 0.15) is 0 Å². The molecule has 2 aromatic carbocycles. The fraction of sp³-hybridized carbons (Fsp3) is 0.364. The Hall–Kier alpha value is -2.79. The summed E-state index contributed by atoms with van der Waals surface area (Å²) >= 11 is 0. The maximum absolute atomic E-state index is 12.7. The highest BCUT2D eigenvalue weighted by Gasteiger charge is 2.31. The zero-order valence-electron chi connectivity index (χ0n) is 17.6. The van der Waals surface area contributed by atoms with Gasteiger partial charge in [-0.05, 0) is 41.8 Å². The van der Waals surface area contributed by atoms with Crippen LogP contribution in [0.3, 0.4) is 0 Å². The van der Waals surface area contributed by atoms with Gasteiger partial charge in [0.2, 0.25) is 21.8 Å². The SMILES string of the molecule is NC(=O)C1Cc2ccccc2CN1CC(=O)Nc1ccc(S(=O)(=O)N2CCOCC2)cc1. The van der Waals surface area contributed by atoms with Crippen molar-refractivity contribution >= 4 is 27.5 Å². The average molecular weight is 459 g/mol. The molecule has 1 saturated heterocycles. The number of carbonyl (C=O) groups excluding carboxylic acids is 2. The van der Waals surface area contributed by atoms with Crippen LogP contribution in [0, 0.1) is 0 Å². The molecule has 0 aromatic heterocycles. The van der Waals surface area contributed by atoms with Crippen molar-refractivity contribution in [1.82, 2.24) is 9.21 Å². The molecule has 0 spiro atoms. The number of carbonyl (C=O) groups is 2. The van der Waals surface area contributed by atoms with Gasteiger partial charge in [0, 0.05) is 25.3 Å². The van der Waals surface area contributed by atoms with E-state index in [0.717, 1.165) is 11.1 Å². The van der Waals surface area contributed by atoms with Crippen LogP contribution in [0.25, 0.3) is 0 Å². The van der Waals surface area contributed by atoms with Crippen LogP contribution in [0.2, 0.25) is 0 Å². The maximum atomic E-state index is 12.7. The van der Waals surface area contributed by atoms with Crippen molar-refractivity contribution in [2.75, 3.05) is 38.2 Å². The molecule has 32 heavy (non-hydrogen) atoms. The molecular weight excluding hydrogens is 432 g/mol. The Labute approximate surface area is 187 Å². The third kappa shape index (κ3) is 4.83. The molecule has 4 rings (SSSR count). The Morgan fingerprint density at radius 1 is 1.03 bits per heavy atom. The lowest BCUT2D eigenvalue weighted by molar-refractivity contribution is -0.125. The lowest BCUT2D eigenvalue weighted by Crippen LogP contribution is -2.50. The number of sulfonamides is 1. The van der Waals surface area contributed by atoms with Gasteiger partial charge in [0.05, 0.1) is 30.7 Å². The molecule has 0 radical (unpaired) electrons. The number of nitrogens with one attached hydrogen (secondary N) is 1. The van der Waals surface area contributed by atoms with Gasteiger partial charge in [-0.15, -0.1) is 0 Å². The third-order valence-electron chi connectivity index (χ3n) is 5.77. The van der Waals surface area contributed by atoms with Crippen molar-refractivity contribution in [2.24, 2.45) is 5.73 Å². The first-order valence-corrected chi connectivity index (χ1v) is 11.9. The van der Waals surface area contributed by atoms with E-state index in [1.54, 1.807) is 17.0 Å². The fourth-order valence-electron chi connectivity index (χ4n) is 4.06. The summed E-state index contributed by atoms with van der Waals surface area (Å²) in [5, 5.41) is 2.77. The highest BCUT2D eigenvalue weighted by molar-refractivity contribution is 7.89. The average Bonchev–Trinajstić information content (AvgIpc) is 2.79. The molecule has 1 atom stereocenters. The Balaban J connectivity index is 1.41. The summed E-state index contributed by atoms with van der Waals surface area (Å²) in [6.07, 6.45) is 0.465. The van der Waals surface area contributed by atoms with Crippen LogP contribution in [0.1, 0.15) is 11.1 Å². The number of nitrogens with zero attached hydrogens (tertiary/aromatic N) is 2. The van der Waals surface area contributed by atoms with Crippen molar-refractivity contribution in [3.63, 3.8) is 0 Å². The van der Waals surface area contributed by atoms with Crippen molar-refractivity contribution in [3.05, 3.63) is 59.7 Å². The van der Waals surface area contributed by atoms with Gasteiger partial charge in [-0.1, -0.05) is 24.3 Å². The van der Waals surface area contributed by atoms with Crippen molar-refractivity contribution in [3.8, 4) is 0 Å². The van der Waals surface area contributed by atoms with Gasteiger partial charge in [-0.3, -0.25) is 14.5 Å². The number of anilines is 1. The summed E-state index contributed by atoms with van der Waals surface area (Å²) in [6.45, 7) is 1.84. The van der Waals surface area contributed by atoms with Gasteiger partial charge < -0.3 is 15.8 Å². The number of nitrogens with two attached hydrogens (primary N) is 1. The molecule has 3 N–H and O–H groups in total. The molecule has 2 aromatic rings. The molecular formula is C22H26N4O5S. The second-order valence-corrected chi connectivity index (χ2v) is 9.82. The minimum Gasteiger partial charge on any atom is -0.379 e. The molecule has 9 nitrogen and oxygen atoms in total. The lowest BCUT2D eigenvalue weighted by atomic mass is 9.93. The zero-order valence-corrected chi connectivity index (χ0v) is 18.4. The van der Waals surface area contributed by atoms with Crippen molar-refractivity contribution in [2.45, 2.75) is 23.9 Å². The van der Waals surface area contributed by atoms with E-state index >= 15 is 0 Å². The number of amides is 2. The van der Waals surface area contributed by atoms with E-state index in [-0.39, 0.29) is 17.3 Å². The van der Waals surface area contributed by atoms with E-state index in [4.69, 9.17) is 10.5 Å². The molecule has 2 amide bonds. The van der Waals surface area contributed by atoms with Crippen molar-refractivity contribution < 1.29 is 22.7 Å². The molecule has 170 valence electrons. The van der Waals surface area contributed by atoms with Gasteiger partial charge >= 0.3 is 0 Å². The first-order chi connectivity index (χ1) is 15.3. The standard InChI is InChI=1S/C22H26N4O5S/c23-22(28)20-13-16-3-1-2-4-17(16)14-25(20)15-21(27)24-18-5-7-19(8-6-18)32(29,30)26-9-11-31-12-10-26/h1-8,20H,9-15H2,(H2,23,28)(H,24,27). The van der Waals surface area contributed by atoms with Crippen LogP contribution < -0.4 is 11.1 Å². The Morgan fingerprint density at radius 2 is 1.69 bits per heavy atom. The van der Waals surface area contributed by atoms with E-state index in [1.807, 2.05) is 24.3 Å². The summed E-state index contributed by atoms with van der Waals surface area (Å²) in [7, 11) is -3.59. The van der Waals surface area contributed by atoms with E-state index in [9.17, 15) is 18.0 Å². The van der Waals surface area contributed by atoms with E-state index in [1.165, 1.54) is 16.4 Å². The lowest BCUT2D eigenvalue weighted by Gasteiger charge is -2.34. The van der Waals surface area contributed by atoms with Crippen LogP contribution in [0.4, 0.5) is 5.69 Å². The summed E-state index contributed by atoms with van der Waals surface area (Å²) in [5.74, 6) is -0.774.